The van der Waals surface area contributed by atoms with Gasteiger partial charge in [-0.1, -0.05) is 35.9 Å². The fourth-order valence-electron chi connectivity index (χ4n) is 2.74. The summed E-state index contributed by atoms with van der Waals surface area (Å²) in [6, 6.07) is 17.0. The van der Waals surface area contributed by atoms with Gasteiger partial charge >= 0.3 is 0 Å². The third-order valence-corrected chi connectivity index (χ3v) is 3.78. The first-order valence-electron chi connectivity index (χ1n) is 7.30. The summed E-state index contributed by atoms with van der Waals surface area (Å²) in [6.45, 7) is 7.13. The molecule has 3 aromatic rings. The van der Waals surface area contributed by atoms with E-state index in [9.17, 15) is 0 Å². The van der Waals surface area contributed by atoms with Gasteiger partial charge < -0.3 is 5.32 Å². The molecule has 1 heterocycles. The van der Waals surface area contributed by atoms with Crippen LogP contribution < -0.4 is 5.32 Å². The first-order valence-corrected chi connectivity index (χ1v) is 7.30. The van der Waals surface area contributed by atoms with Crippen molar-refractivity contribution in [3.8, 4) is 0 Å². The van der Waals surface area contributed by atoms with Crippen LogP contribution in [0.3, 0.4) is 0 Å². The zero-order valence-electron chi connectivity index (χ0n) is 12.8. The van der Waals surface area contributed by atoms with E-state index in [1.807, 2.05) is 13.0 Å². The number of rotatable bonds is 3. The summed E-state index contributed by atoms with van der Waals surface area (Å²) in [6.07, 6.45) is 0. The predicted molar refractivity (Wildman–Crippen MR) is 89.7 cm³/mol. The van der Waals surface area contributed by atoms with Crippen LogP contribution in [0.2, 0.25) is 0 Å². The smallest absolute Gasteiger partial charge is 0.0708 e. The van der Waals surface area contributed by atoms with E-state index in [-0.39, 0.29) is 0 Å². The van der Waals surface area contributed by atoms with Crippen LogP contribution in [0.15, 0.2) is 48.5 Å². The Morgan fingerprint density at radius 3 is 2.57 bits per heavy atom. The van der Waals surface area contributed by atoms with Crippen LogP contribution in [0, 0.1) is 20.8 Å². The second kappa shape index (κ2) is 5.57. The van der Waals surface area contributed by atoms with E-state index in [0.717, 1.165) is 17.8 Å². The standard InChI is InChI=1S/C19H20N2/c1-13-8-9-18(14(2)10-13)20-12-16-11-15(3)21-19-7-5-4-6-17(16)19/h4-11,20H,12H2,1-3H3. The lowest BCUT2D eigenvalue weighted by atomic mass is 10.1. The van der Waals surface area contributed by atoms with E-state index in [4.69, 9.17) is 0 Å². The molecule has 0 radical (unpaired) electrons. The molecule has 0 fully saturated rings. The van der Waals surface area contributed by atoms with Gasteiger partial charge in [-0.3, -0.25) is 4.98 Å². The summed E-state index contributed by atoms with van der Waals surface area (Å²) in [5.74, 6) is 0. The highest BCUT2D eigenvalue weighted by Gasteiger charge is 2.04. The highest BCUT2D eigenvalue weighted by molar-refractivity contribution is 5.82. The molecule has 0 saturated carbocycles. The molecule has 0 bridgehead atoms. The van der Waals surface area contributed by atoms with E-state index in [1.54, 1.807) is 0 Å². The number of hydrogen-bond donors (Lipinski definition) is 1. The summed E-state index contributed by atoms with van der Waals surface area (Å²) >= 11 is 0. The van der Waals surface area contributed by atoms with Crippen molar-refractivity contribution < 1.29 is 0 Å². The third kappa shape index (κ3) is 2.89. The number of hydrogen-bond acceptors (Lipinski definition) is 2. The predicted octanol–water partition coefficient (Wildman–Crippen LogP) is 4.77. The van der Waals surface area contributed by atoms with Crippen LogP contribution in [0.25, 0.3) is 10.9 Å². The Morgan fingerprint density at radius 2 is 1.76 bits per heavy atom. The Hall–Kier alpha value is -2.35. The van der Waals surface area contributed by atoms with Crippen molar-refractivity contribution >= 4 is 16.6 Å². The van der Waals surface area contributed by atoms with Crippen molar-refractivity contribution in [2.45, 2.75) is 27.3 Å². The molecule has 21 heavy (non-hydrogen) atoms. The molecule has 2 nitrogen and oxygen atoms in total. The van der Waals surface area contributed by atoms with Gasteiger partial charge in [0.2, 0.25) is 0 Å². The molecule has 0 aliphatic rings. The van der Waals surface area contributed by atoms with Gasteiger partial charge in [0, 0.05) is 23.3 Å². The zero-order valence-corrected chi connectivity index (χ0v) is 12.8. The summed E-state index contributed by atoms with van der Waals surface area (Å²) in [5, 5.41) is 4.77. The lowest BCUT2D eigenvalue weighted by molar-refractivity contribution is 1.12. The van der Waals surface area contributed by atoms with Gasteiger partial charge in [0.05, 0.1) is 5.52 Å². The van der Waals surface area contributed by atoms with Crippen molar-refractivity contribution in [1.29, 1.82) is 0 Å². The molecule has 106 valence electrons. The number of anilines is 1. The van der Waals surface area contributed by atoms with Crippen LogP contribution in [0.5, 0.6) is 0 Å². The molecule has 1 N–H and O–H groups in total. The first kappa shape index (κ1) is 13.6. The van der Waals surface area contributed by atoms with Crippen LogP contribution in [-0.2, 0) is 6.54 Å². The summed E-state index contributed by atoms with van der Waals surface area (Å²) < 4.78 is 0. The Kier molecular flexibility index (Phi) is 3.61. The minimum absolute atomic E-state index is 0.813. The molecular formula is C19H20N2. The number of pyridine rings is 1. The van der Waals surface area contributed by atoms with Gasteiger partial charge in [-0.25, -0.2) is 0 Å². The molecule has 3 rings (SSSR count). The number of para-hydroxylation sites is 1. The largest absolute Gasteiger partial charge is 0.381 e. The monoisotopic (exact) mass is 276 g/mol. The van der Waals surface area contributed by atoms with E-state index in [1.165, 1.54) is 27.8 Å². The molecule has 0 unspecified atom stereocenters. The molecule has 0 saturated heterocycles. The second-order valence-electron chi connectivity index (χ2n) is 5.61. The summed E-state index contributed by atoms with van der Waals surface area (Å²) in [4.78, 5) is 4.59. The average molecular weight is 276 g/mol. The zero-order chi connectivity index (χ0) is 14.8. The highest BCUT2D eigenvalue weighted by Crippen LogP contribution is 2.21. The Bertz CT molecular complexity index is 791. The van der Waals surface area contributed by atoms with Gasteiger partial charge in [0.25, 0.3) is 0 Å². The Balaban J connectivity index is 1.91. The number of nitrogens with one attached hydrogen (secondary N) is 1. The van der Waals surface area contributed by atoms with E-state index in [2.05, 4.69) is 66.6 Å². The van der Waals surface area contributed by atoms with E-state index >= 15 is 0 Å². The third-order valence-electron chi connectivity index (χ3n) is 3.78. The van der Waals surface area contributed by atoms with Crippen LogP contribution >= 0.6 is 0 Å². The topological polar surface area (TPSA) is 24.9 Å². The van der Waals surface area contributed by atoms with Gasteiger partial charge in [-0.05, 0) is 50.1 Å². The first-order chi connectivity index (χ1) is 10.1. The number of benzene rings is 2. The number of aromatic nitrogens is 1. The average Bonchev–Trinajstić information content (AvgIpc) is 2.46. The highest BCUT2D eigenvalue weighted by atomic mass is 14.9. The Morgan fingerprint density at radius 1 is 0.952 bits per heavy atom. The van der Waals surface area contributed by atoms with Crippen LogP contribution in [0.1, 0.15) is 22.4 Å². The van der Waals surface area contributed by atoms with Crippen molar-refractivity contribution in [2.75, 3.05) is 5.32 Å². The fraction of sp³-hybridized carbons (Fsp3) is 0.211. The van der Waals surface area contributed by atoms with Crippen molar-refractivity contribution in [3.63, 3.8) is 0 Å². The normalized spacial score (nSPS) is 10.8. The lowest BCUT2D eigenvalue weighted by Gasteiger charge is -2.12. The summed E-state index contributed by atoms with van der Waals surface area (Å²) in [7, 11) is 0. The molecule has 0 amide bonds. The number of nitrogens with zero attached hydrogens (tertiary/aromatic N) is 1. The fourth-order valence-corrected chi connectivity index (χ4v) is 2.74. The summed E-state index contributed by atoms with van der Waals surface area (Å²) in [5.41, 5.74) is 7.19. The molecule has 0 spiro atoms. The Labute approximate surface area is 125 Å². The van der Waals surface area contributed by atoms with Crippen molar-refractivity contribution in [3.05, 3.63) is 70.9 Å². The maximum atomic E-state index is 4.59. The molecule has 1 aromatic heterocycles. The van der Waals surface area contributed by atoms with Crippen LogP contribution in [-0.4, -0.2) is 4.98 Å². The van der Waals surface area contributed by atoms with Crippen molar-refractivity contribution in [1.82, 2.24) is 4.98 Å². The number of fused-ring (bicyclic) bond motifs is 1. The van der Waals surface area contributed by atoms with Gasteiger partial charge in [0.15, 0.2) is 0 Å². The maximum absolute atomic E-state index is 4.59. The molecule has 2 aromatic carbocycles. The van der Waals surface area contributed by atoms with Gasteiger partial charge in [0.1, 0.15) is 0 Å². The van der Waals surface area contributed by atoms with Gasteiger partial charge in [-0.2, -0.15) is 0 Å². The van der Waals surface area contributed by atoms with Crippen molar-refractivity contribution in [2.24, 2.45) is 0 Å². The van der Waals surface area contributed by atoms with E-state index in [0.29, 0.717) is 0 Å². The molecule has 2 heteroatoms. The maximum Gasteiger partial charge on any atom is 0.0708 e. The van der Waals surface area contributed by atoms with Gasteiger partial charge in [-0.15, -0.1) is 0 Å². The second-order valence-corrected chi connectivity index (χ2v) is 5.61. The SMILES string of the molecule is Cc1ccc(NCc2cc(C)nc3ccccc23)c(C)c1. The van der Waals surface area contributed by atoms with E-state index < -0.39 is 0 Å². The molecule has 0 atom stereocenters. The molecule has 0 aliphatic carbocycles. The quantitative estimate of drug-likeness (QED) is 0.745. The molecular weight excluding hydrogens is 256 g/mol. The minimum Gasteiger partial charge on any atom is -0.381 e. The number of aryl methyl sites for hydroxylation is 3. The minimum atomic E-state index is 0.813. The molecule has 0 aliphatic heterocycles. The lowest BCUT2D eigenvalue weighted by Crippen LogP contribution is -2.03. The van der Waals surface area contributed by atoms with Crippen LogP contribution in [0.4, 0.5) is 5.69 Å².